The van der Waals surface area contributed by atoms with Crippen LogP contribution in [0.4, 0.5) is 10.5 Å². The SMILES string of the molecule is CNC(=O)NC(=O)C(C)Nc1c(C)cc(C)cc1Br. The molecule has 1 aromatic rings. The molecular weight excluding hydrogens is 310 g/mol. The number of carbonyl (C=O) groups is 2. The van der Waals surface area contributed by atoms with Crippen molar-refractivity contribution in [3.8, 4) is 0 Å². The maximum atomic E-state index is 11.8. The van der Waals surface area contributed by atoms with Crippen molar-refractivity contribution in [3.05, 3.63) is 27.7 Å². The fourth-order valence-electron chi connectivity index (χ4n) is 1.66. The van der Waals surface area contributed by atoms with Crippen molar-refractivity contribution in [1.82, 2.24) is 10.6 Å². The fourth-order valence-corrected chi connectivity index (χ4v) is 2.45. The topological polar surface area (TPSA) is 70.2 Å². The van der Waals surface area contributed by atoms with Gasteiger partial charge in [0.2, 0.25) is 5.91 Å². The summed E-state index contributed by atoms with van der Waals surface area (Å²) in [5, 5.41) is 7.67. The summed E-state index contributed by atoms with van der Waals surface area (Å²) < 4.78 is 0.893. The zero-order chi connectivity index (χ0) is 14.6. The number of carbonyl (C=O) groups excluding carboxylic acids is 2. The number of rotatable bonds is 3. The molecule has 1 aromatic carbocycles. The summed E-state index contributed by atoms with van der Waals surface area (Å²) in [6, 6.07) is 2.96. The largest absolute Gasteiger partial charge is 0.373 e. The minimum absolute atomic E-state index is 0.383. The predicted octanol–water partition coefficient (Wildman–Crippen LogP) is 2.32. The Morgan fingerprint density at radius 1 is 1.26 bits per heavy atom. The van der Waals surface area contributed by atoms with Gasteiger partial charge in [0, 0.05) is 11.5 Å². The van der Waals surface area contributed by atoms with Crippen molar-refractivity contribution in [3.63, 3.8) is 0 Å². The number of hydrogen-bond donors (Lipinski definition) is 3. The molecule has 0 spiro atoms. The van der Waals surface area contributed by atoms with Gasteiger partial charge in [0.05, 0.1) is 5.69 Å². The molecule has 1 atom stereocenters. The molecule has 104 valence electrons. The smallest absolute Gasteiger partial charge is 0.321 e. The second-order valence-corrected chi connectivity index (χ2v) is 5.23. The highest BCUT2D eigenvalue weighted by molar-refractivity contribution is 9.10. The minimum Gasteiger partial charge on any atom is -0.373 e. The van der Waals surface area contributed by atoms with Gasteiger partial charge in [-0.15, -0.1) is 0 Å². The van der Waals surface area contributed by atoms with Gasteiger partial charge >= 0.3 is 6.03 Å². The third-order valence-corrected chi connectivity index (χ3v) is 3.28. The van der Waals surface area contributed by atoms with Gasteiger partial charge in [-0.25, -0.2) is 4.79 Å². The second kappa shape index (κ2) is 6.56. The lowest BCUT2D eigenvalue weighted by Gasteiger charge is -2.18. The second-order valence-electron chi connectivity index (χ2n) is 4.37. The van der Waals surface area contributed by atoms with E-state index in [0.29, 0.717) is 0 Å². The first kappa shape index (κ1) is 15.5. The van der Waals surface area contributed by atoms with Crippen LogP contribution in [0.3, 0.4) is 0 Å². The summed E-state index contributed by atoms with van der Waals surface area (Å²) in [6.45, 7) is 5.66. The fraction of sp³-hybridized carbons (Fsp3) is 0.385. The molecule has 0 aromatic heterocycles. The highest BCUT2D eigenvalue weighted by Crippen LogP contribution is 2.28. The molecule has 0 radical (unpaired) electrons. The number of halogens is 1. The van der Waals surface area contributed by atoms with Gasteiger partial charge in [-0.1, -0.05) is 6.07 Å². The molecule has 3 N–H and O–H groups in total. The monoisotopic (exact) mass is 327 g/mol. The molecule has 0 aliphatic heterocycles. The van der Waals surface area contributed by atoms with Crippen molar-refractivity contribution < 1.29 is 9.59 Å². The van der Waals surface area contributed by atoms with E-state index in [9.17, 15) is 9.59 Å². The molecule has 0 saturated carbocycles. The third kappa shape index (κ3) is 4.24. The summed E-state index contributed by atoms with van der Waals surface area (Å²) >= 11 is 3.47. The first-order valence-electron chi connectivity index (χ1n) is 5.91. The summed E-state index contributed by atoms with van der Waals surface area (Å²) in [4.78, 5) is 22.8. The number of urea groups is 1. The molecule has 1 rings (SSSR count). The van der Waals surface area contributed by atoms with E-state index in [2.05, 4.69) is 31.9 Å². The summed E-state index contributed by atoms with van der Waals surface area (Å²) in [6.07, 6.45) is 0. The van der Waals surface area contributed by atoms with Crippen molar-refractivity contribution >= 4 is 33.6 Å². The quantitative estimate of drug-likeness (QED) is 0.797. The average Bonchev–Trinajstić information content (AvgIpc) is 2.32. The molecule has 0 saturated heterocycles. The van der Waals surface area contributed by atoms with Crippen molar-refractivity contribution in [2.75, 3.05) is 12.4 Å². The van der Waals surface area contributed by atoms with Crippen LogP contribution in [0.15, 0.2) is 16.6 Å². The van der Waals surface area contributed by atoms with Crippen LogP contribution in [-0.4, -0.2) is 25.0 Å². The van der Waals surface area contributed by atoms with E-state index in [1.807, 2.05) is 26.0 Å². The standard InChI is InChI=1S/C13H18BrN3O2/c1-7-5-8(2)11(10(14)6-7)16-9(3)12(18)17-13(19)15-4/h5-6,9,16H,1-4H3,(H2,15,17,18,19). The Morgan fingerprint density at radius 3 is 2.42 bits per heavy atom. The number of anilines is 1. The molecule has 6 heteroatoms. The van der Waals surface area contributed by atoms with Crippen LogP contribution in [0.1, 0.15) is 18.1 Å². The first-order chi connectivity index (χ1) is 8.85. The number of benzene rings is 1. The van der Waals surface area contributed by atoms with E-state index in [0.717, 1.165) is 21.3 Å². The van der Waals surface area contributed by atoms with E-state index in [1.165, 1.54) is 7.05 Å². The number of amides is 3. The molecule has 19 heavy (non-hydrogen) atoms. The molecular formula is C13H18BrN3O2. The maximum absolute atomic E-state index is 11.8. The van der Waals surface area contributed by atoms with Crippen molar-refractivity contribution in [1.29, 1.82) is 0 Å². The molecule has 5 nitrogen and oxygen atoms in total. The normalized spacial score (nSPS) is 11.6. The minimum atomic E-state index is -0.519. The Kier molecular flexibility index (Phi) is 5.35. The lowest BCUT2D eigenvalue weighted by molar-refractivity contribution is -0.120. The van der Waals surface area contributed by atoms with Crippen LogP contribution < -0.4 is 16.0 Å². The Hall–Kier alpha value is -1.56. The predicted molar refractivity (Wildman–Crippen MR) is 79.3 cm³/mol. The van der Waals surface area contributed by atoms with Crippen LogP contribution in [0.5, 0.6) is 0 Å². The lowest BCUT2D eigenvalue weighted by atomic mass is 10.1. The number of hydrogen-bond acceptors (Lipinski definition) is 3. The summed E-state index contributed by atoms with van der Waals surface area (Å²) in [7, 11) is 1.46. The number of nitrogens with one attached hydrogen (secondary N) is 3. The van der Waals surface area contributed by atoms with E-state index in [1.54, 1.807) is 6.92 Å². The van der Waals surface area contributed by atoms with Gasteiger partial charge < -0.3 is 10.6 Å². The van der Waals surface area contributed by atoms with Gasteiger partial charge in [-0.3, -0.25) is 10.1 Å². The Balaban J connectivity index is 2.80. The number of imide groups is 1. The molecule has 0 fully saturated rings. The Labute approximate surface area is 121 Å². The molecule has 0 heterocycles. The van der Waals surface area contributed by atoms with Gasteiger partial charge in [-0.2, -0.15) is 0 Å². The van der Waals surface area contributed by atoms with Crippen molar-refractivity contribution in [2.24, 2.45) is 0 Å². The number of aryl methyl sites for hydroxylation is 2. The van der Waals surface area contributed by atoms with E-state index >= 15 is 0 Å². The van der Waals surface area contributed by atoms with Crippen LogP contribution >= 0.6 is 15.9 Å². The summed E-state index contributed by atoms with van der Waals surface area (Å²) in [5.74, 6) is -0.383. The van der Waals surface area contributed by atoms with Crippen LogP contribution in [-0.2, 0) is 4.79 Å². The maximum Gasteiger partial charge on any atom is 0.321 e. The van der Waals surface area contributed by atoms with Gasteiger partial charge in [0.25, 0.3) is 0 Å². The van der Waals surface area contributed by atoms with Gasteiger partial charge in [0.1, 0.15) is 6.04 Å². The lowest BCUT2D eigenvalue weighted by Crippen LogP contribution is -2.44. The molecule has 0 bridgehead atoms. The zero-order valence-corrected chi connectivity index (χ0v) is 13.0. The average molecular weight is 328 g/mol. The van der Waals surface area contributed by atoms with Gasteiger partial charge in [-0.05, 0) is 53.9 Å². The first-order valence-corrected chi connectivity index (χ1v) is 6.70. The molecule has 0 aliphatic carbocycles. The van der Waals surface area contributed by atoms with Crippen LogP contribution in [0, 0.1) is 13.8 Å². The van der Waals surface area contributed by atoms with E-state index < -0.39 is 12.1 Å². The van der Waals surface area contributed by atoms with Crippen LogP contribution in [0.25, 0.3) is 0 Å². The van der Waals surface area contributed by atoms with Crippen molar-refractivity contribution in [2.45, 2.75) is 26.8 Å². The zero-order valence-electron chi connectivity index (χ0n) is 11.4. The Morgan fingerprint density at radius 2 is 1.89 bits per heavy atom. The summed E-state index contributed by atoms with van der Waals surface area (Å²) in [5.41, 5.74) is 3.02. The molecule has 1 unspecified atom stereocenters. The van der Waals surface area contributed by atoms with E-state index in [-0.39, 0.29) is 5.91 Å². The Bertz CT molecular complexity index is 480. The van der Waals surface area contributed by atoms with E-state index in [4.69, 9.17) is 0 Å². The highest BCUT2D eigenvalue weighted by Gasteiger charge is 2.17. The van der Waals surface area contributed by atoms with Gasteiger partial charge in [0.15, 0.2) is 0 Å². The van der Waals surface area contributed by atoms with Crippen LogP contribution in [0.2, 0.25) is 0 Å². The highest BCUT2D eigenvalue weighted by atomic mass is 79.9. The molecule has 3 amide bonds. The molecule has 0 aliphatic rings. The third-order valence-electron chi connectivity index (χ3n) is 2.65.